The average Bonchev–Trinajstić information content (AvgIpc) is 2.72. The van der Waals surface area contributed by atoms with Crippen molar-refractivity contribution < 1.29 is 18.0 Å². The molecule has 0 saturated carbocycles. The number of fused-ring (bicyclic) bond motifs is 3. The molecule has 0 fully saturated rings. The molecule has 1 aliphatic carbocycles. The van der Waals surface area contributed by atoms with Gasteiger partial charge in [-0.15, -0.1) is 5.10 Å². The summed E-state index contributed by atoms with van der Waals surface area (Å²) >= 11 is 0. The first-order chi connectivity index (χ1) is 8.86. The van der Waals surface area contributed by atoms with Crippen molar-refractivity contribution in [3.8, 4) is 0 Å². The standard InChI is InChI=1S/C11H9F3N4O/c1-5-2-7-6(8(19)3-5)4-15-10-16-9(11(12,13)14)17-18(7)10/h4-5H,2-3H2,1H3. The molecule has 100 valence electrons. The van der Waals surface area contributed by atoms with Crippen LogP contribution in [0, 0.1) is 5.92 Å². The Morgan fingerprint density at radius 2 is 2.11 bits per heavy atom. The molecule has 1 unspecified atom stereocenters. The lowest BCUT2D eigenvalue weighted by molar-refractivity contribution is -0.144. The second kappa shape index (κ2) is 3.75. The van der Waals surface area contributed by atoms with Crippen molar-refractivity contribution in [2.45, 2.75) is 25.9 Å². The first kappa shape index (κ1) is 12.1. The molecule has 2 aromatic heterocycles. The number of nitrogens with zero attached hydrogens (tertiary/aromatic N) is 4. The summed E-state index contributed by atoms with van der Waals surface area (Å²) < 4.78 is 38.8. The van der Waals surface area contributed by atoms with E-state index >= 15 is 0 Å². The summed E-state index contributed by atoms with van der Waals surface area (Å²) in [4.78, 5) is 18.9. The molecule has 1 aliphatic rings. The lowest BCUT2D eigenvalue weighted by atomic mass is 9.88. The molecule has 0 aliphatic heterocycles. The number of ketones is 1. The number of carbonyl (C=O) groups excluding carboxylic acids is 1. The Bertz CT molecular complexity index is 676. The van der Waals surface area contributed by atoms with Crippen molar-refractivity contribution in [3.63, 3.8) is 0 Å². The van der Waals surface area contributed by atoms with Gasteiger partial charge in [0.25, 0.3) is 11.6 Å². The minimum absolute atomic E-state index is 0.0733. The highest BCUT2D eigenvalue weighted by Gasteiger charge is 2.37. The van der Waals surface area contributed by atoms with E-state index in [0.717, 1.165) is 4.52 Å². The molecule has 0 radical (unpaired) electrons. The number of Topliss-reactive ketones (excluding diaryl/α,β-unsaturated/α-hetero) is 1. The van der Waals surface area contributed by atoms with Gasteiger partial charge in [-0.05, 0) is 12.3 Å². The molecular formula is C11H9F3N4O. The number of aromatic nitrogens is 4. The predicted octanol–water partition coefficient (Wildman–Crippen LogP) is 1.91. The summed E-state index contributed by atoms with van der Waals surface area (Å²) in [7, 11) is 0. The molecule has 8 heteroatoms. The van der Waals surface area contributed by atoms with Gasteiger partial charge in [0.2, 0.25) is 0 Å². The monoisotopic (exact) mass is 270 g/mol. The maximum Gasteiger partial charge on any atom is 0.453 e. The zero-order valence-electron chi connectivity index (χ0n) is 9.90. The van der Waals surface area contributed by atoms with Crippen LogP contribution in [0.3, 0.4) is 0 Å². The smallest absolute Gasteiger partial charge is 0.294 e. The number of halogens is 3. The van der Waals surface area contributed by atoms with Crippen LogP contribution in [0.4, 0.5) is 13.2 Å². The first-order valence-corrected chi connectivity index (χ1v) is 5.71. The molecule has 5 nitrogen and oxygen atoms in total. The number of alkyl halides is 3. The molecule has 1 atom stereocenters. The van der Waals surface area contributed by atoms with Crippen LogP contribution in [-0.2, 0) is 12.6 Å². The Hall–Kier alpha value is -1.99. The second-order valence-electron chi connectivity index (χ2n) is 4.70. The van der Waals surface area contributed by atoms with E-state index in [1.54, 1.807) is 0 Å². The summed E-state index contributed by atoms with van der Waals surface area (Å²) in [5.41, 5.74) is 0.793. The van der Waals surface area contributed by atoms with Gasteiger partial charge in [0.15, 0.2) is 5.78 Å². The Kier molecular flexibility index (Phi) is 2.38. The molecule has 2 heterocycles. The summed E-state index contributed by atoms with van der Waals surface area (Å²) in [6, 6.07) is 0. The van der Waals surface area contributed by atoms with Gasteiger partial charge in [-0.1, -0.05) is 6.92 Å². The van der Waals surface area contributed by atoms with Gasteiger partial charge >= 0.3 is 6.18 Å². The topological polar surface area (TPSA) is 60.2 Å². The van der Waals surface area contributed by atoms with Crippen molar-refractivity contribution in [1.82, 2.24) is 19.6 Å². The zero-order valence-corrected chi connectivity index (χ0v) is 9.90. The fourth-order valence-electron chi connectivity index (χ4n) is 2.26. The largest absolute Gasteiger partial charge is 0.453 e. The van der Waals surface area contributed by atoms with Gasteiger partial charge in [-0.2, -0.15) is 18.2 Å². The quantitative estimate of drug-likeness (QED) is 0.733. The number of hydrogen-bond donors (Lipinski definition) is 0. The van der Waals surface area contributed by atoms with Gasteiger partial charge in [-0.25, -0.2) is 9.50 Å². The third-order valence-electron chi connectivity index (χ3n) is 3.10. The Balaban J connectivity index is 2.25. The van der Waals surface area contributed by atoms with Crippen LogP contribution in [0.2, 0.25) is 0 Å². The van der Waals surface area contributed by atoms with E-state index in [4.69, 9.17) is 0 Å². The third-order valence-corrected chi connectivity index (χ3v) is 3.10. The van der Waals surface area contributed by atoms with E-state index in [-0.39, 0.29) is 17.5 Å². The molecule has 0 saturated heterocycles. The predicted molar refractivity (Wildman–Crippen MR) is 57.6 cm³/mol. The van der Waals surface area contributed by atoms with E-state index < -0.39 is 12.0 Å². The van der Waals surface area contributed by atoms with Crippen LogP contribution in [0.25, 0.3) is 5.78 Å². The molecular weight excluding hydrogens is 261 g/mol. The lowest BCUT2D eigenvalue weighted by Gasteiger charge is -2.19. The first-order valence-electron chi connectivity index (χ1n) is 5.71. The van der Waals surface area contributed by atoms with Crippen molar-refractivity contribution in [1.29, 1.82) is 0 Å². The summed E-state index contributed by atoms with van der Waals surface area (Å²) in [5, 5.41) is 3.43. The highest BCUT2D eigenvalue weighted by molar-refractivity contribution is 5.98. The molecule has 0 spiro atoms. The van der Waals surface area contributed by atoms with Crippen molar-refractivity contribution in [2.75, 3.05) is 0 Å². The molecule has 0 N–H and O–H groups in total. The molecule has 0 aromatic carbocycles. The maximum absolute atomic E-state index is 12.6. The van der Waals surface area contributed by atoms with Crippen molar-refractivity contribution in [3.05, 3.63) is 23.3 Å². The van der Waals surface area contributed by atoms with Gasteiger partial charge < -0.3 is 0 Å². The van der Waals surface area contributed by atoms with Crippen LogP contribution >= 0.6 is 0 Å². The van der Waals surface area contributed by atoms with E-state index in [1.807, 2.05) is 6.92 Å². The lowest BCUT2D eigenvalue weighted by Crippen LogP contribution is -2.22. The fraction of sp³-hybridized carbons (Fsp3) is 0.455. The average molecular weight is 270 g/mol. The van der Waals surface area contributed by atoms with E-state index in [0.29, 0.717) is 24.1 Å². The van der Waals surface area contributed by atoms with Gasteiger partial charge in [0, 0.05) is 12.6 Å². The fourth-order valence-corrected chi connectivity index (χ4v) is 2.26. The van der Waals surface area contributed by atoms with E-state index in [9.17, 15) is 18.0 Å². The Morgan fingerprint density at radius 1 is 1.37 bits per heavy atom. The van der Waals surface area contributed by atoms with E-state index in [1.165, 1.54) is 6.20 Å². The van der Waals surface area contributed by atoms with Gasteiger partial charge in [0.05, 0.1) is 11.3 Å². The number of hydrogen-bond acceptors (Lipinski definition) is 4. The van der Waals surface area contributed by atoms with Gasteiger partial charge in [-0.3, -0.25) is 4.79 Å². The van der Waals surface area contributed by atoms with Crippen LogP contribution in [0.1, 0.15) is 35.2 Å². The third kappa shape index (κ3) is 1.87. The second-order valence-corrected chi connectivity index (χ2v) is 4.70. The molecule has 19 heavy (non-hydrogen) atoms. The highest BCUT2D eigenvalue weighted by Crippen LogP contribution is 2.29. The SMILES string of the molecule is CC1CC(=O)c2cnc3nc(C(F)(F)F)nn3c2C1. The zero-order chi connectivity index (χ0) is 13.8. The van der Waals surface area contributed by atoms with Crippen LogP contribution in [0.15, 0.2) is 6.20 Å². The van der Waals surface area contributed by atoms with Gasteiger partial charge in [0.1, 0.15) is 0 Å². The maximum atomic E-state index is 12.6. The number of carbonyl (C=O) groups is 1. The Morgan fingerprint density at radius 3 is 2.79 bits per heavy atom. The summed E-state index contributed by atoms with van der Waals surface area (Å²) in [6.07, 6.45) is -2.47. The van der Waals surface area contributed by atoms with Crippen molar-refractivity contribution in [2.24, 2.45) is 5.92 Å². The van der Waals surface area contributed by atoms with E-state index in [2.05, 4.69) is 15.1 Å². The van der Waals surface area contributed by atoms with Crippen LogP contribution in [-0.4, -0.2) is 25.4 Å². The molecule has 0 bridgehead atoms. The molecule has 2 aromatic rings. The minimum atomic E-state index is -4.62. The van der Waals surface area contributed by atoms with Crippen LogP contribution in [0.5, 0.6) is 0 Å². The minimum Gasteiger partial charge on any atom is -0.294 e. The molecule has 3 rings (SSSR count). The summed E-state index contributed by atoms with van der Waals surface area (Å²) in [5.74, 6) is -1.41. The summed E-state index contributed by atoms with van der Waals surface area (Å²) in [6.45, 7) is 1.87. The number of rotatable bonds is 0. The van der Waals surface area contributed by atoms with Crippen LogP contribution < -0.4 is 0 Å². The van der Waals surface area contributed by atoms with Crippen molar-refractivity contribution >= 4 is 11.6 Å². The highest BCUT2D eigenvalue weighted by atomic mass is 19.4. The Labute approximate surface area is 105 Å². The molecule has 0 amide bonds. The normalized spacial score (nSPS) is 19.8.